The first-order valence-electron chi connectivity index (χ1n) is 14.1. The molecule has 12 heteroatoms. The molecule has 0 aromatic carbocycles. The molecule has 42 heavy (non-hydrogen) atoms. The number of aromatic nitrogens is 3. The summed E-state index contributed by atoms with van der Waals surface area (Å²) in [5.41, 5.74) is 1.13. The molecule has 1 aliphatic heterocycles. The molecule has 1 unspecified atom stereocenters. The lowest BCUT2D eigenvalue weighted by molar-refractivity contribution is -0.158. The van der Waals surface area contributed by atoms with Crippen molar-refractivity contribution in [2.45, 2.75) is 70.3 Å². The smallest absolute Gasteiger partial charge is 0.255 e. The number of halogens is 1. The van der Waals surface area contributed by atoms with Gasteiger partial charge < -0.3 is 25.8 Å². The Morgan fingerprint density at radius 3 is 2.57 bits per heavy atom. The van der Waals surface area contributed by atoms with Gasteiger partial charge in [0.1, 0.15) is 12.2 Å². The molecule has 0 bridgehead atoms. The van der Waals surface area contributed by atoms with Gasteiger partial charge in [0, 0.05) is 18.3 Å². The number of pyridine rings is 1. The van der Waals surface area contributed by atoms with Gasteiger partial charge in [-0.05, 0) is 70.7 Å². The van der Waals surface area contributed by atoms with E-state index in [1.54, 1.807) is 16.6 Å². The third-order valence-electron chi connectivity index (χ3n) is 8.06. The highest BCUT2D eigenvalue weighted by Gasteiger charge is 2.42. The molecule has 4 N–H and O–H groups in total. The van der Waals surface area contributed by atoms with E-state index in [1.165, 1.54) is 26.2 Å². The van der Waals surface area contributed by atoms with Crippen molar-refractivity contribution in [1.82, 2.24) is 25.2 Å². The summed E-state index contributed by atoms with van der Waals surface area (Å²) in [6, 6.07) is 9.36. The molecule has 3 aromatic heterocycles. The zero-order valence-electron chi connectivity index (χ0n) is 24.0. The Morgan fingerprint density at radius 2 is 1.93 bits per heavy atom. The van der Waals surface area contributed by atoms with E-state index in [4.69, 9.17) is 4.74 Å². The first-order chi connectivity index (χ1) is 20.0. The highest BCUT2D eigenvalue weighted by atomic mass is 19.1. The lowest BCUT2D eigenvalue weighted by Crippen LogP contribution is -2.54. The molecule has 0 radical (unpaired) electrons. The van der Waals surface area contributed by atoms with Gasteiger partial charge in [-0.25, -0.2) is 8.91 Å². The summed E-state index contributed by atoms with van der Waals surface area (Å²) in [7, 11) is 0. The van der Waals surface area contributed by atoms with E-state index in [2.05, 4.69) is 32.1 Å². The molecule has 5 rings (SSSR count). The summed E-state index contributed by atoms with van der Waals surface area (Å²) in [6.07, 6.45) is 4.38. The number of alkyl halides is 1. The Kier molecular flexibility index (Phi) is 8.17. The molecular weight excluding hydrogens is 541 g/mol. The molecule has 1 saturated heterocycles. The zero-order valence-corrected chi connectivity index (χ0v) is 24.0. The Morgan fingerprint density at radius 1 is 1.21 bits per heavy atom. The van der Waals surface area contributed by atoms with E-state index in [0.717, 1.165) is 31.2 Å². The zero-order chi connectivity index (χ0) is 30.1. The summed E-state index contributed by atoms with van der Waals surface area (Å²) in [5.74, 6) is -0.493. The highest BCUT2D eigenvalue weighted by Crippen LogP contribution is 2.31. The summed E-state index contributed by atoms with van der Waals surface area (Å²) in [4.78, 5) is 30.3. The van der Waals surface area contributed by atoms with Gasteiger partial charge in [0.15, 0.2) is 0 Å². The van der Waals surface area contributed by atoms with Crippen LogP contribution in [-0.2, 0) is 9.53 Å². The number of hydrogen-bond acceptors (Lipinski definition) is 8. The van der Waals surface area contributed by atoms with E-state index in [9.17, 15) is 24.3 Å². The topological polar surface area (TPSA) is 154 Å². The minimum absolute atomic E-state index is 0.0232. The molecule has 1 saturated carbocycles. The second-order valence-electron chi connectivity index (χ2n) is 12.1. The van der Waals surface area contributed by atoms with Crippen LogP contribution in [0.15, 0.2) is 36.7 Å². The van der Waals surface area contributed by atoms with Gasteiger partial charge >= 0.3 is 0 Å². The predicted molar refractivity (Wildman–Crippen MR) is 153 cm³/mol. The third-order valence-corrected chi connectivity index (χ3v) is 8.06. The Labute approximate surface area is 243 Å². The van der Waals surface area contributed by atoms with E-state index in [1.807, 2.05) is 19.1 Å². The molecular formula is C30H36FN7O4. The van der Waals surface area contributed by atoms with Gasteiger partial charge in [-0.1, -0.05) is 0 Å². The van der Waals surface area contributed by atoms with Crippen molar-refractivity contribution < 1.29 is 23.8 Å². The van der Waals surface area contributed by atoms with Gasteiger partial charge in [0.05, 0.1) is 70.7 Å². The lowest BCUT2D eigenvalue weighted by atomic mass is 9.85. The number of nitrogens with one attached hydrogen (secondary N) is 3. The van der Waals surface area contributed by atoms with Crippen LogP contribution in [0.25, 0.3) is 16.9 Å². The number of carbonyl (C=O) groups excluding carboxylic acids is 2. The van der Waals surface area contributed by atoms with Crippen molar-refractivity contribution in [2.75, 3.05) is 25.1 Å². The fourth-order valence-corrected chi connectivity index (χ4v) is 5.18. The molecule has 222 valence electrons. The SMILES string of the molecule is CC1(C(=O)NC2CCC(Nc3cc(-c4ccc5cc(C#N)cnn45)ncc3C(=O)NCC(F)C(C)(C)O)CC2)COC1. The maximum Gasteiger partial charge on any atom is 0.255 e. The number of rotatable bonds is 9. The number of nitrogens with zero attached hydrogens (tertiary/aromatic N) is 4. The Balaban J connectivity index is 1.35. The summed E-state index contributed by atoms with van der Waals surface area (Å²) in [5, 5.41) is 32.7. The van der Waals surface area contributed by atoms with Crippen LogP contribution in [0.2, 0.25) is 0 Å². The van der Waals surface area contributed by atoms with Gasteiger partial charge in [-0.3, -0.25) is 14.6 Å². The second-order valence-corrected chi connectivity index (χ2v) is 12.1. The van der Waals surface area contributed by atoms with Crippen LogP contribution in [0.3, 0.4) is 0 Å². The molecule has 2 amide bonds. The van der Waals surface area contributed by atoms with Gasteiger partial charge in [-0.15, -0.1) is 0 Å². The quantitative estimate of drug-likeness (QED) is 0.303. The number of ether oxygens (including phenoxy) is 1. The van der Waals surface area contributed by atoms with E-state index >= 15 is 0 Å². The number of carbonyl (C=O) groups is 2. The largest absolute Gasteiger partial charge is 0.387 e. The number of aliphatic hydroxyl groups is 1. The van der Waals surface area contributed by atoms with Crippen molar-refractivity contribution in [2.24, 2.45) is 5.41 Å². The van der Waals surface area contributed by atoms with Crippen LogP contribution in [-0.4, -0.2) is 75.1 Å². The number of fused-ring (bicyclic) bond motifs is 1. The van der Waals surface area contributed by atoms with Gasteiger partial charge in [-0.2, -0.15) is 10.4 Å². The van der Waals surface area contributed by atoms with Crippen LogP contribution in [0.1, 0.15) is 62.4 Å². The fraction of sp³-hybridized carbons (Fsp3) is 0.500. The van der Waals surface area contributed by atoms with Crippen molar-refractivity contribution in [3.8, 4) is 17.5 Å². The number of anilines is 1. The molecule has 1 aliphatic carbocycles. The first-order valence-corrected chi connectivity index (χ1v) is 14.1. The minimum Gasteiger partial charge on any atom is -0.387 e. The van der Waals surface area contributed by atoms with Crippen LogP contribution in [0.4, 0.5) is 10.1 Å². The standard InChI is InChI=1S/C30H36FN7O4/c1-29(2,41)26(31)15-34-27(39)22-14-33-24(25-9-8-21-10-18(12-32)13-35-38(21)25)11-23(22)36-19-4-6-20(7-5-19)37-28(40)30(3)16-42-17-30/h8-11,13-14,19-20,26,41H,4-7,15-17H2,1-3H3,(H,33,36)(H,34,39)(H,37,40). The van der Waals surface area contributed by atoms with Crippen LogP contribution in [0, 0.1) is 16.7 Å². The summed E-state index contributed by atoms with van der Waals surface area (Å²) in [6.45, 7) is 5.13. The van der Waals surface area contributed by atoms with Crippen molar-refractivity contribution in [3.63, 3.8) is 0 Å². The van der Waals surface area contributed by atoms with Gasteiger partial charge in [0.2, 0.25) is 5.91 Å². The van der Waals surface area contributed by atoms with Crippen LogP contribution < -0.4 is 16.0 Å². The average molecular weight is 578 g/mol. The van der Waals surface area contributed by atoms with Crippen molar-refractivity contribution in [3.05, 3.63) is 47.8 Å². The van der Waals surface area contributed by atoms with Crippen molar-refractivity contribution >= 4 is 23.0 Å². The van der Waals surface area contributed by atoms with E-state index in [0.29, 0.717) is 35.9 Å². The Bertz CT molecular complexity index is 1510. The maximum atomic E-state index is 14.4. The molecule has 11 nitrogen and oxygen atoms in total. The van der Waals surface area contributed by atoms with E-state index in [-0.39, 0.29) is 30.1 Å². The first kappa shape index (κ1) is 29.4. The average Bonchev–Trinajstić information content (AvgIpc) is 3.38. The van der Waals surface area contributed by atoms with Crippen LogP contribution >= 0.6 is 0 Å². The second kappa shape index (κ2) is 11.7. The number of nitriles is 1. The monoisotopic (exact) mass is 577 g/mol. The maximum absolute atomic E-state index is 14.4. The van der Waals surface area contributed by atoms with Crippen molar-refractivity contribution in [1.29, 1.82) is 5.26 Å². The molecule has 2 aliphatic rings. The number of amides is 2. The predicted octanol–water partition coefficient (Wildman–Crippen LogP) is 2.98. The lowest BCUT2D eigenvalue weighted by Gasteiger charge is -2.38. The highest BCUT2D eigenvalue weighted by molar-refractivity contribution is 6.00. The third kappa shape index (κ3) is 6.22. The summed E-state index contributed by atoms with van der Waals surface area (Å²) >= 11 is 0. The Hall–Kier alpha value is -4.08. The van der Waals surface area contributed by atoms with Crippen LogP contribution in [0.5, 0.6) is 0 Å². The fourth-order valence-electron chi connectivity index (χ4n) is 5.18. The minimum atomic E-state index is -1.65. The summed E-state index contributed by atoms with van der Waals surface area (Å²) < 4.78 is 21.3. The molecule has 0 spiro atoms. The molecule has 1 atom stereocenters. The number of hydrogen-bond donors (Lipinski definition) is 4. The van der Waals surface area contributed by atoms with Gasteiger partial charge in [0.25, 0.3) is 5.91 Å². The molecule has 4 heterocycles. The molecule has 2 fully saturated rings. The molecule has 3 aromatic rings. The normalized spacial score (nSPS) is 20.7. The van der Waals surface area contributed by atoms with E-state index < -0.39 is 23.1 Å².